The van der Waals surface area contributed by atoms with Crippen molar-refractivity contribution in [2.24, 2.45) is 0 Å². The van der Waals surface area contributed by atoms with Crippen LogP contribution in [0, 0.1) is 0 Å². The first-order valence-corrected chi connectivity index (χ1v) is 9.66. The average molecular weight is 423 g/mol. The number of carboxylic acid groups (broad SMARTS) is 1. The van der Waals surface area contributed by atoms with Crippen LogP contribution in [-0.4, -0.2) is 37.5 Å². The third-order valence-corrected chi connectivity index (χ3v) is 4.60. The predicted molar refractivity (Wildman–Crippen MR) is 111 cm³/mol. The number of methoxy groups -OCH3 is 2. The number of carboxylic acids is 1. The Bertz CT molecular complexity index is 821. The van der Waals surface area contributed by atoms with Crippen molar-refractivity contribution < 1.29 is 28.8 Å². The van der Waals surface area contributed by atoms with E-state index in [9.17, 15) is 9.90 Å². The minimum Gasteiger partial charge on any atom is -0.497 e. The minimum atomic E-state index is -0.985. The SMILES string of the molecule is COc1ccc(COCc2cc(CC(OC(C)C)C(=O)O)ccc2OC)c(Cl)c1. The molecular weight excluding hydrogens is 396 g/mol. The molecule has 158 valence electrons. The normalized spacial score (nSPS) is 12.1. The van der Waals surface area contributed by atoms with E-state index in [1.807, 2.05) is 44.2 Å². The van der Waals surface area contributed by atoms with Gasteiger partial charge < -0.3 is 24.1 Å². The van der Waals surface area contributed by atoms with Crippen molar-refractivity contribution in [3.05, 3.63) is 58.1 Å². The molecule has 0 amide bonds. The van der Waals surface area contributed by atoms with Gasteiger partial charge in [-0.2, -0.15) is 0 Å². The molecule has 1 N–H and O–H groups in total. The first kappa shape index (κ1) is 23.0. The van der Waals surface area contributed by atoms with Crippen LogP contribution in [0.5, 0.6) is 11.5 Å². The van der Waals surface area contributed by atoms with Crippen LogP contribution in [0.1, 0.15) is 30.5 Å². The zero-order valence-electron chi connectivity index (χ0n) is 17.1. The smallest absolute Gasteiger partial charge is 0.333 e. The zero-order chi connectivity index (χ0) is 21.4. The topological polar surface area (TPSA) is 74.2 Å². The lowest BCUT2D eigenvalue weighted by Gasteiger charge is -2.18. The Morgan fingerprint density at radius 1 is 1.03 bits per heavy atom. The van der Waals surface area contributed by atoms with Gasteiger partial charge in [-0.1, -0.05) is 23.7 Å². The molecule has 0 aliphatic rings. The number of hydrogen-bond acceptors (Lipinski definition) is 5. The molecule has 7 heteroatoms. The van der Waals surface area contributed by atoms with E-state index < -0.39 is 12.1 Å². The molecule has 0 aliphatic carbocycles. The summed E-state index contributed by atoms with van der Waals surface area (Å²) in [4.78, 5) is 11.5. The number of ether oxygens (including phenoxy) is 4. The molecule has 2 aromatic carbocycles. The molecule has 0 saturated carbocycles. The highest BCUT2D eigenvalue weighted by Gasteiger charge is 2.20. The molecular formula is C22H27ClO6. The van der Waals surface area contributed by atoms with Crippen LogP contribution in [-0.2, 0) is 33.9 Å². The highest BCUT2D eigenvalue weighted by Crippen LogP contribution is 2.25. The second-order valence-electron chi connectivity index (χ2n) is 6.81. The van der Waals surface area contributed by atoms with E-state index in [4.69, 9.17) is 30.5 Å². The summed E-state index contributed by atoms with van der Waals surface area (Å²) in [5, 5.41) is 9.96. The van der Waals surface area contributed by atoms with E-state index in [0.29, 0.717) is 29.7 Å². The molecule has 0 bridgehead atoms. The summed E-state index contributed by atoms with van der Waals surface area (Å²) in [6, 6.07) is 10.9. The van der Waals surface area contributed by atoms with Gasteiger partial charge in [-0.05, 0) is 49.2 Å². The second kappa shape index (κ2) is 11.0. The Morgan fingerprint density at radius 3 is 2.34 bits per heavy atom. The number of benzene rings is 2. The van der Waals surface area contributed by atoms with Crippen LogP contribution in [0.2, 0.25) is 5.02 Å². The Morgan fingerprint density at radius 2 is 1.76 bits per heavy atom. The van der Waals surface area contributed by atoms with E-state index >= 15 is 0 Å². The summed E-state index contributed by atoms with van der Waals surface area (Å²) >= 11 is 6.25. The van der Waals surface area contributed by atoms with Crippen molar-refractivity contribution in [3.63, 3.8) is 0 Å². The first-order valence-electron chi connectivity index (χ1n) is 9.28. The van der Waals surface area contributed by atoms with Crippen LogP contribution in [0.15, 0.2) is 36.4 Å². The maximum absolute atomic E-state index is 11.5. The standard InChI is InChI=1S/C22H27ClO6/c1-14(2)29-21(22(24)25)10-15-5-8-20(27-4)17(9-15)13-28-12-16-6-7-18(26-3)11-19(16)23/h5-9,11,14,21H,10,12-13H2,1-4H3,(H,24,25). The van der Waals surface area contributed by atoms with Gasteiger partial charge >= 0.3 is 5.97 Å². The van der Waals surface area contributed by atoms with Crippen LogP contribution >= 0.6 is 11.6 Å². The Kier molecular flexibility index (Phi) is 8.76. The molecule has 0 radical (unpaired) electrons. The van der Waals surface area contributed by atoms with E-state index in [2.05, 4.69) is 0 Å². The fourth-order valence-electron chi connectivity index (χ4n) is 2.85. The van der Waals surface area contributed by atoms with Crippen LogP contribution in [0.25, 0.3) is 0 Å². The van der Waals surface area contributed by atoms with Gasteiger partial charge in [-0.3, -0.25) is 0 Å². The minimum absolute atomic E-state index is 0.175. The van der Waals surface area contributed by atoms with Crippen molar-refractivity contribution >= 4 is 17.6 Å². The number of hydrogen-bond donors (Lipinski definition) is 1. The summed E-state index contributed by atoms with van der Waals surface area (Å²) in [7, 11) is 3.17. The molecule has 0 fully saturated rings. The third kappa shape index (κ3) is 6.92. The molecule has 2 rings (SSSR count). The number of carbonyl (C=O) groups is 1. The summed E-state index contributed by atoms with van der Waals surface area (Å²) < 4.78 is 21.9. The average Bonchev–Trinajstić information content (AvgIpc) is 2.68. The largest absolute Gasteiger partial charge is 0.497 e. The van der Waals surface area contributed by atoms with Gasteiger partial charge in [0.25, 0.3) is 0 Å². The summed E-state index contributed by atoms with van der Waals surface area (Å²) in [6.07, 6.45) is -0.823. The van der Waals surface area contributed by atoms with Crippen LogP contribution in [0.4, 0.5) is 0 Å². The van der Waals surface area contributed by atoms with Gasteiger partial charge in [0.15, 0.2) is 6.10 Å². The van der Waals surface area contributed by atoms with Crippen molar-refractivity contribution in [3.8, 4) is 11.5 Å². The highest BCUT2D eigenvalue weighted by molar-refractivity contribution is 6.31. The molecule has 0 aliphatic heterocycles. The van der Waals surface area contributed by atoms with Crippen LogP contribution < -0.4 is 9.47 Å². The van der Waals surface area contributed by atoms with Gasteiger partial charge in [0.05, 0.1) is 33.5 Å². The quantitative estimate of drug-likeness (QED) is 0.575. The monoisotopic (exact) mass is 422 g/mol. The highest BCUT2D eigenvalue weighted by atomic mass is 35.5. The maximum atomic E-state index is 11.5. The molecule has 2 aromatic rings. The van der Waals surface area contributed by atoms with Gasteiger partial charge in [-0.25, -0.2) is 4.79 Å². The molecule has 29 heavy (non-hydrogen) atoms. The van der Waals surface area contributed by atoms with Crippen molar-refractivity contribution in [2.75, 3.05) is 14.2 Å². The van der Waals surface area contributed by atoms with Crippen molar-refractivity contribution in [2.45, 2.75) is 45.7 Å². The molecule has 1 atom stereocenters. The molecule has 6 nitrogen and oxygen atoms in total. The van der Waals surface area contributed by atoms with E-state index in [-0.39, 0.29) is 12.5 Å². The lowest BCUT2D eigenvalue weighted by atomic mass is 10.0. The van der Waals surface area contributed by atoms with Gasteiger partial charge in [0.1, 0.15) is 11.5 Å². The lowest BCUT2D eigenvalue weighted by molar-refractivity contribution is -0.153. The number of rotatable bonds is 11. The van der Waals surface area contributed by atoms with Gasteiger partial charge in [0.2, 0.25) is 0 Å². The first-order chi connectivity index (χ1) is 13.8. The Balaban J connectivity index is 2.07. The molecule has 0 saturated heterocycles. The Hall–Kier alpha value is -2.28. The summed E-state index contributed by atoms with van der Waals surface area (Å²) in [6.45, 7) is 4.24. The number of aliphatic carboxylic acids is 1. The fourth-order valence-corrected chi connectivity index (χ4v) is 3.08. The van der Waals surface area contributed by atoms with Crippen molar-refractivity contribution in [1.29, 1.82) is 0 Å². The van der Waals surface area contributed by atoms with E-state index in [1.54, 1.807) is 20.3 Å². The maximum Gasteiger partial charge on any atom is 0.333 e. The second-order valence-corrected chi connectivity index (χ2v) is 7.22. The van der Waals surface area contributed by atoms with Gasteiger partial charge in [-0.15, -0.1) is 0 Å². The molecule has 1 unspecified atom stereocenters. The lowest BCUT2D eigenvalue weighted by Crippen LogP contribution is -2.29. The van der Waals surface area contributed by atoms with Crippen molar-refractivity contribution in [1.82, 2.24) is 0 Å². The van der Waals surface area contributed by atoms with Gasteiger partial charge in [0, 0.05) is 17.0 Å². The van der Waals surface area contributed by atoms with Crippen LogP contribution in [0.3, 0.4) is 0 Å². The fraction of sp³-hybridized carbons (Fsp3) is 0.409. The molecule has 0 aromatic heterocycles. The molecule has 0 spiro atoms. The zero-order valence-corrected chi connectivity index (χ0v) is 17.9. The van der Waals surface area contributed by atoms with E-state index in [1.165, 1.54) is 0 Å². The predicted octanol–water partition coefficient (Wildman–Crippen LogP) is 4.49. The Labute approximate surface area is 176 Å². The summed E-state index contributed by atoms with van der Waals surface area (Å²) in [5.74, 6) is 0.373. The number of halogens is 1. The summed E-state index contributed by atoms with van der Waals surface area (Å²) in [5.41, 5.74) is 2.50. The third-order valence-electron chi connectivity index (χ3n) is 4.25. The molecule has 0 heterocycles. The van der Waals surface area contributed by atoms with E-state index in [0.717, 1.165) is 16.7 Å².